The van der Waals surface area contributed by atoms with Gasteiger partial charge in [0.2, 0.25) is 0 Å². The lowest BCUT2D eigenvalue weighted by Gasteiger charge is -2.20. The minimum absolute atomic E-state index is 0.161. The van der Waals surface area contributed by atoms with Crippen molar-refractivity contribution in [1.82, 2.24) is 10.2 Å². The predicted octanol–water partition coefficient (Wildman–Crippen LogP) is 0.497. The molecule has 0 saturated heterocycles. The van der Waals surface area contributed by atoms with E-state index in [0.717, 1.165) is 10.5 Å². The van der Waals surface area contributed by atoms with Crippen molar-refractivity contribution in [3.05, 3.63) is 35.9 Å². The van der Waals surface area contributed by atoms with Crippen molar-refractivity contribution < 1.29 is 24.2 Å². The Bertz CT molecular complexity index is 503. The second-order valence-electron chi connectivity index (χ2n) is 4.46. The largest absolute Gasteiger partial charge is 0.480 e. The topological polar surface area (TPSA) is 95.9 Å². The Hall–Kier alpha value is -2.57. The zero-order valence-corrected chi connectivity index (χ0v) is 11.9. The number of nitrogens with zero attached hydrogens (tertiary/aromatic N) is 1. The minimum atomic E-state index is -1.14. The molecule has 0 aromatic heterocycles. The van der Waals surface area contributed by atoms with Crippen LogP contribution in [0.1, 0.15) is 5.56 Å². The second-order valence-corrected chi connectivity index (χ2v) is 4.46. The fraction of sp³-hybridized carbons (Fsp3) is 0.357. The third kappa shape index (κ3) is 5.52. The van der Waals surface area contributed by atoms with Gasteiger partial charge in [0, 0.05) is 13.5 Å². The number of carbonyl (C=O) groups is 3. The Kier molecular flexibility index (Phi) is 6.19. The van der Waals surface area contributed by atoms with E-state index in [-0.39, 0.29) is 13.0 Å². The third-order valence-electron chi connectivity index (χ3n) is 2.82. The number of esters is 1. The second kappa shape index (κ2) is 7.88. The molecule has 0 bridgehead atoms. The Morgan fingerprint density at radius 3 is 2.43 bits per heavy atom. The monoisotopic (exact) mass is 294 g/mol. The minimum Gasteiger partial charge on any atom is -0.480 e. The first-order chi connectivity index (χ1) is 9.93. The van der Waals surface area contributed by atoms with E-state index < -0.39 is 24.0 Å². The molecule has 7 heteroatoms. The maximum atomic E-state index is 11.8. The molecule has 1 rings (SSSR count). The van der Waals surface area contributed by atoms with Crippen molar-refractivity contribution in [2.75, 3.05) is 20.7 Å². The molecule has 0 radical (unpaired) electrons. The zero-order chi connectivity index (χ0) is 15.8. The molecule has 1 aromatic rings. The van der Waals surface area contributed by atoms with Crippen molar-refractivity contribution in [3.8, 4) is 0 Å². The Balaban J connectivity index is 2.64. The summed E-state index contributed by atoms with van der Waals surface area (Å²) in [6.45, 7) is -0.250. The first kappa shape index (κ1) is 16.5. The van der Waals surface area contributed by atoms with Crippen LogP contribution in [-0.2, 0) is 20.7 Å². The number of nitrogens with one attached hydrogen (secondary N) is 1. The lowest BCUT2D eigenvalue weighted by Crippen LogP contribution is -2.48. The zero-order valence-electron chi connectivity index (χ0n) is 11.9. The van der Waals surface area contributed by atoms with E-state index in [1.54, 1.807) is 24.3 Å². The molecule has 0 aliphatic heterocycles. The Morgan fingerprint density at radius 2 is 1.90 bits per heavy atom. The number of rotatable bonds is 6. The van der Waals surface area contributed by atoms with E-state index in [1.165, 1.54) is 14.2 Å². The number of carboxylic acids is 1. The number of carbonyl (C=O) groups excluding carboxylic acids is 2. The van der Waals surface area contributed by atoms with E-state index in [4.69, 9.17) is 5.11 Å². The summed E-state index contributed by atoms with van der Waals surface area (Å²) >= 11 is 0. The summed E-state index contributed by atoms with van der Waals surface area (Å²) in [5.74, 6) is -1.72. The van der Waals surface area contributed by atoms with Gasteiger partial charge in [0.25, 0.3) is 0 Å². The summed E-state index contributed by atoms with van der Waals surface area (Å²) in [7, 11) is 2.59. The summed E-state index contributed by atoms with van der Waals surface area (Å²) in [5, 5.41) is 11.5. The number of ether oxygens (including phenoxy) is 1. The summed E-state index contributed by atoms with van der Waals surface area (Å²) in [5.41, 5.74) is 0.792. The predicted molar refractivity (Wildman–Crippen MR) is 74.7 cm³/mol. The normalized spacial score (nSPS) is 11.3. The first-order valence-electron chi connectivity index (χ1n) is 6.29. The standard InChI is InChI=1S/C14H18N2O5/c1-16(9-12(17)21-2)14(20)15-11(13(18)19)8-10-6-4-3-5-7-10/h3-7,11H,8-9H2,1-2H3,(H,15,20)(H,18,19)/t11-/m0/s1. The van der Waals surface area contributed by atoms with Crippen LogP contribution in [0.2, 0.25) is 0 Å². The van der Waals surface area contributed by atoms with Crippen LogP contribution in [-0.4, -0.2) is 54.7 Å². The van der Waals surface area contributed by atoms with Crippen molar-refractivity contribution in [2.24, 2.45) is 0 Å². The van der Waals surface area contributed by atoms with Crippen LogP contribution in [0, 0.1) is 0 Å². The number of likely N-dealkylation sites (N-methyl/N-ethyl adjacent to an activating group) is 1. The molecule has 0 fully saturated rings. The van der Waals surface area contributed by atoms with Crippen molar-refractivity contribution in [3.63, 3.8) is 0 Å². The van der Waals surface area contributed by atoms with Gasteiger partial charge in [0.05, 0.1) is 7.11 Å². The highest BCUT2D eigenvalue weighted by Crippen LogP contribution is 2.04. The number of hydrogen-bond donors (Lipinski definition) is 2. The number of aliphatic carboxylic acids is 1. The van der Waals surface area contributed by atoms with Gasteiger partial charge in [-0.25, -0.2) is 9.59 Å². The van der Waals surface area contributed by atoms with Gasteiger partial charge in [-0.15, -0.1) is 0 Å². The van der Waals surface area contributed by atoms with E-state index >= 15 is 0 Å². The number of carboxylic acid groups (broad SMARTS) is 1. The van der Waals surface area contributed by atoms with E-state index in [0.29, 0.717) is 0 Å². The number of hydrogen-bond acceptors (Lipinski definition) is 4. The molecular weight excluding hydrogens is 276 g/mol. The van der Waals surface area contributed by atoms with Crippen LogP contribution in [0.5, 0.6) is 0 Å². The van der Waals surface area contributed by atoms with Crippen LogP contribution in [0.4, 0.5) is 4.79 Å². The molecule has 21 heavy (non-hydrogen) atoms. The van der Waals surface area contributed by atoms with Gasteiger partial charge in [-0.05, 0) is 5.56 Å². The fourth-order valence-corrected chi connectivity index (χ4v) is 1.64. The molecule has 0 unspecified atom stereocenters. The molecule has 0 spiro atoms. The summed E-state index contributed by atoms with van der Waals surface area (Å²) in [6.07, 6.45) is 0.161. The summed E-state index contributed by atoms with van der Waals surface area (Å²) in [4.78, 5) is 35.2. The molecule has 1 aromatic carbocycles. The maximum Gasteiger partial charge on any atom is 0.326 e. The van der Waals surface area contributed by atoms with E-state index in [9.17, 15) is 14.4 Å². The lowest BCUT2D eigenvalue weighted by molar-refractivity contribution is -0.141. The van der Waals surface area contributed by atoms with Crippen LogP contribution in [0.25, 0.3) is 0 Å². The molecule has 2 N–H and O–H groups in total. The third-order valence-corrected chi connectivity index (χ3v) is 2.82. The molecule has 0 saturated carbocycles. The van der Waals surface area contributed by atoms with Crippen LogP contribution >= 0.6 is 0 Å². The van der Waals surface area contributed by atoms with Crippen LogP contribution in [0.15, 0.2) is 30.3 Å². The number of amides is 2. The quantitative estimate of drug-likeness (QED) is 0.745. The number of benzene rings is 1. The smallest absolute Gasteiger partial charge is 0.326 e. The Labute approximate surface area is 122 Å². The van der Waals surface area contributed by atoms with Gasteiger partial charge in [0.1, 0.15) is 12.6 Å². The molecule has 2 amide bonds. The molecule has 1 atom stereocenters. The van der Waals surface area contributed by atoms with E-state index in [1.807, 2.05) is 6.07 Å². The lowest BCUT2D eigenvalue weighted by atomic mass is 10.1. The maximum absolute atomic E-state index is 11.8. The van der Waals surface area contributed by atoms with Crippen molar-refractivity contribution >= 4 is 18.0 Å². The molecular formula is C14H18N2O5. The summed E-state index contributed by atoms with van der Waals surface area (Å²) < 4.78 is 4.44. The van der Waals surface area contributed by atoms with Crippen molar-refractivity contribution in [1.29, 1.82) is 0 Å². The van der Waals surface area contributed by atoms with Gasteiger partial charge >= 0.3 is 18.0 Å². The van der Waals surface area contributed by atoms with Gasteiger partial charge in [0.15, 0.2) is 0 Å². The first-order valence-corrected chi connectivity index (χ1v) is 6.29. The number of urea groups is 1. The van der Waals surface area contributed by atoms with E-state index in [2.05, 4.69) is 10.1 Å². The fourth-order valence-electron chi connectivity index (χ4n) is 1.64. The van der Waals surface area contributed by atoms with Crippen LogP contribution in [0.3, 0.4) is 0 Å². The van der Waals surface area contributed by atoms with Gasteiger partial charge in [-0.2, -0.15) is 0 Å². The van der Waals surface area contributed by atoms with Crippen molar-refractivity contribution in [2.45, 2.75) is 12.5 Å². The average molecular weight is 294 g/mol. The van der Waals surface area contributed by atoms with Gasteiger partial charge < -0.3 is 20.1 Å². The molecule has 0 aliphatic rings. The highest BCUT2D eigenvalue weighted by atomic mass is 16.5. The highest BCUT2D eigenvalue weighted by Gasteiger charge is 2.23. The molecule has 0 aliphatic carbocycles. The SMILES string of the molecule is COC(=O)CN(C)C(=O)N[C@@H](Cc1ccccc1)C(=O)O. The van der Waals surface area contributed by atoms with Crippen LogP contribution < -0.4 is 5.32 Å². The Morgan fingerprint density at radius 1 is 1.29 bits per heavy atom. The molecule has 114 valence electrons. The number of methoxy groups -OCH3 is 1. The average Bonchev–Trinajstić information content (AvgIpc) is 2.47. The summed E-state index contributed by atoms with van der Waals surface area (Å²) in [6, 6.07) is 7.24. The molecule has 7 nitrogen and oxygen atoms in total. The molecule has 0 heterocycles. The highest BCUT2D eigenvalue weighted by molar-refractivity contribution is 5.85. The van der Waals surface area contributed by atoms with Gasteiger partial charge in [-0.3, -0.25) is 4.79 Å². The van der Waals surface area contributed by atoms with Gasteiger partial charge in [-0.1, -0.05) is 30.3 Å².